The Morgan fingerprint density at radius 1 is 1.64 bits per heavy atom. The molecule has 1 amide bonds. The lowest BCUT2D eigenvalue weighted by Gasteiger charge is -2.22. The Balaban J connectivity index is 2.14. The standard InChI is InChI=1S/C10H15NO3/c1-11-6-10(9(13)14,5-8(11)12)4-7-2-3-7/h7H,2-6H2,1H3,(H,13,14). The van der Waals surface area contributed by atoms with E-state index in [1.165, 1.54) is 4.90 Å². The molecule has 2 fully saturated rings. The Bertz CT molecular complexity index is 285. The number of carboxylic acids is 1. The lowest BCUT2D eigenvalue weighted by molar-refractivity contribution is -0.149. The quantitative estimate of drug-likeness (QED) is 0.725. The molecule has 1 saturated heterocycles. The van der Waals surface area contributed by atoms with Gasteiger partial charge < -0.3 is 10.0 Å². The zero-order chi connectivity index (χ0) is 10.3. The number of carbonyl (C=O) groups is 2. The second-order valence-corrected chi connectivity index (χ2v) is 4.66. The van der Waals surface area contributed by atoms with Crippen LogP contribution in [0.15, 0.2) is 0 Å². The van der Waals surface area contributed by atoms with Gasteiger partial charge in [-0.1, -0.05) is 12.8 Å². The molecule has 1 aliphatic heterocycles. The minimum absolute atomic E-state index is 0.0342. The van der Waals surface area contributed by atoms with Gasteiger partial charge in [-0.15, -0.1) is 0 Å². The summed E-state index contributed by atoms with van der Waals surface area (Å²) in [5.41, 5.74) is -0.785. The summed E-state index contributed by atoms with van der Waals surface area (Å²) >= 11 is 0. The summed E-state index contributed by atoms with van der Waals surface area (Å²) in [6, 6.07) is 0. The molecule has 0 aromatic rings. The molecule has 4 nitrogen and oxygen atoms in total. The normalized spacial score (nSPS) is 32.4. The van der Waals surface area contributed by atoms with Crippen LogP contribution in [0.2, 0.25) is 0 Å². The van der Waals surface area contributed by atoms with Gasteiger partial charge in [-0.2, -0.15) is 0 Å². The highest BCUT2D eigenvalue weighted by molar-refractivity contribution is 5.88. The number of amides is 1. The van der Waals surface area contributed by atoms with Crippen molar-refractivity contribution in [1.82, 2.24) is 4.90 Å². The van der Waals surface area contributed by atoms with Gasteiger partial charge in [0, 0.05) is 20.0 Å². The molecule has 1 N–H and O–H groups in total. The molecule has 2 rings (SSSR count). The SMILES string of the molecule is CN1CC(CC2CC2)(C(=O)O)CC1=O. The predicted molar refractivity (Wildman–Crippen MR) is 49.7 cm³/mol. The van der Waals surface area contributed by atoms with Crippen molar-refractivity contribution in [2.75, 3.05) is 13.6 Å². The summed E-state index contributed by atoms with van der Waals surface area (Å²) in [5.74, 6) is -0.291. The fourth-order valence-corrected chi connectivity index (χ4v) is 2.26. The zero-order valence-electron chi connectivity index (χ0n) is 8.32. The number of hydrogen-bond acceptors (Lipinski definition) is 2. The van der Waals surface area contributed by atoms with Crippen LogP contribution in [0.4, 0.5) is 0 Å². The van der Waals surface area contributed by atoms with Gasteiger partial charge >= 0.3 is 5.97 Å². The minimum Gasteiger partial charge on any atom is -0.481 e. The van der Waals surface area contributed by atoms with Crippen molar-refractivity contribution >= 4 is 11.9 Å². The molecule has 1 unspecified atom stereocenters. The highest BCUT2D eigenvalue weighted by atomic mass is 16.4. The van der Waals surface area contributed by atoms with Gasteiger partial charge in [0.05, 0.1) is 5.41 Å². The number of nitrogens with zero attached hydrogens (tertiary/aromatic N) is 1. The molecule has 1 saturated carbocycles. The first-order valence-corrected chi connectivity index (χ1v) is 5.01. The van der Waals surface area contributed by atoms with Crippen LogP contribution in [0.1, 0.15) is 25.7 Å². The summed E-state index contributed by atoms with van der Waals surface area (Å²) in [6.07, 6.45) is 3.13. The molecule has 14 heavy (non-hydrogen) atoms. The number of carboxylic acid groups (broad SMARTS) is 1. The lowest BCUT2D eigenvalue weighted by Crippen LogP contribution is -2.34. The molecule has 0 radical (unpaired) electrons. The van der Waals surface area contributed by atoms with Gasteiger partial charge in [0.25, 0.3) is 0 Å². The molecule has 0 aromatic heterocycles. The van der Waals surface area contributed by atoms with E-state index in [2.05, 4.69) is 0 Å². The van der Waals surface area contributed by atoms with Gasteiger partial charge in [-0.05, 0) is 12.3 Å². The Morgan fingerprint density at radius 3 is 2.64 bits per heavy atom. The molecule has 4 heteroatoms. The van der Waals surface area contributed by atoms with E-state index in [1.54, 1.807) is 7.05 Å². The maximum Gasteiger partial charge on any atom is 0.311 e. The molecule has 2 aliphatic rings. The molecular weight excluding hydrogens is 182 g/mol. The fraction of sp³-hybridized carbons (Fsp3) is 0.800. The molecule has 78 valence electrons. The van der Waals surface area contributed by atoms with Crippen LogP contribution >= 0.6 is 0 Å². The topological polar surface area (TPSA) is 57.6 Å². The minimum atomic E-state index is -0.804. The predicted octanol–water partition coefficient (Wildman–Crippen LogP) is 0.720. The molecule has 1 aliphatic carbocycles. The molecule has 0 bridgehead atoms. The zero-order valence-corrected chi connectivity index (χ0v) is 8.32. The van der Waals surface area contributed by atoms with E-state index in [0.717, 1.165) is 12.8 Å². The van der Waals surface area contributed by atoms with Crippen LogP contribution in [0.5, 0.6) is 0 Å². The maximum atomic E-state index is 11.4. The van der Waals surface area contributed by atoms with Crippen molar-refractivity contribution in [3.63, 3.8) is 0 Å². The Labute approximate surface area is 82.9 Å². The Kier molecular flexibility index (Phi) is 2.01. The number of hydrogen-bond donors (Lipinski definition) is 1. The van der Waals surface area contributed by atoms with Gasteiger partial charge in [-0.25, -0.2) is 0 Å². The summed E-state index contributed by atoms with van der Waals surface area (Å²) in [6.45, 7) is 0.387. The van der Waals surface area contributed by atoms with E-state index >= 15 is 0 Å². The van der Waals surface area contributed by atoms with E-state index in [-0.39, 0.29) is 12.3 Å². The van der Waals surface area contributed by atoms with Crippen molar-refractivity contribution in [1.29, 1.82) is 0 Å². The Morgan fingerprint density at radius 2 is 2.29 bits per heavy atom. The number of aliphatic carboxylic acids is 1. The average molecular weight is 197 g/mol. The molecule has 0 aromatic carbocycles. The third-order valence-electron chi connectivity index (χ3n) is 3.29. The first kappa shape index (κ1) is 9.49. The van der Waals surface area contributed by atoms with Crippen LogP contribution in [0.25, 0.3) is 0 Å². The summed E-state index contributed by atoms with van der Waals surface area (Å²) < 4.78 is 0. The van der Waals surface area contributed by atoms with E-state index in [9.17, 15) is 14.7 Å². The van der Waals surface area contributed by atoms with Gasteiger partial charge in [-0.3, -0.25) is 9.59 Å². The monoisotopic (exact) mass is 197 g/mol. The third kappa shape index (κ3) is 1.49. The first-order valence-electron chi connectivity index (χ1n) is 5.01. The van der Waals surface area contributed by atoms with Crippen LogP contribution in [-0.4, -0.2) is 35.5 Å². The van der Waals surface area contributed by atoms with Crippen molar-refractivity contribution in [2.24, 2.45) is 11.3 Å². The Hall–Kier alpha value is -1.06. The third-order valence-corrected chi connectivity index (χ3v) is 3.29. The van der Waals surface area contributed by atoms with E-state index in [1.807, 2.05) is 0 Å². The molecular formula is C10H15NO3. The second kappa shape index (κ2) is 2.97. The van der Waals surface area contributed by atoms with Gasteiger partial charge in [0.2, 0.25) is 5.91 Å². The largest absolute Gasteiger partial charge is 0.481 e. The van der Waals surface area contributed by atoms with Crippen LogP contribution in [0.3, 0.4) is 0 Å². The average Bonchev–Trinajstić information content (AvgIpc) is 2.82. The summed E-state index contributed by atoms with van der Waals surface area (Å²) in [7, 11) is 1.68. The van der Waals surface area contributed by atoms with Crippen molar-refractivity contribution in [3.05, 3.63) is 0 Å². The fourth-order valence-electron chi connectivity index (χ4n) is 2.26. The van der Waals surface area contributed by atoms with Crippen molar-refractivity contribution in [2.45, 2.75) is 25.7 Å². The molecule has 1 atom stereocenters. The maximum absolute atomic E-state index is 11.4. The van der Waals surface area contributed by atoms with Crippen LogP contribution < -0.4 is 0 Å². The van der Waals surface area contributed by atoms with Crippen molar-refractivity contribution < 1.29 is 14.7 Å². The van der Waals surface area contributed by atoms with Crippen LogP contribution in [-0.2, 0) is 9.59 Å². The second-order valence-electron chi connectivity index (χ2n) is 4.66. The van der Waals surface area contributed by atoms with Crippen LogP contribution in [0, 0.1) is 11.3 Å². The highest BCUT2D eigenvalue weighted by Crippen LogP contribution is 2.45. The number of rotatable bonds is 3. The van der Waals surface area contributed by atoms with E-state index in [0.29, 0.717) is 18.9 Å². The molecule has 0 spiro atoms. The summed E-state index contributed by atoms with van der Waals surface area (Å²) in [5, 5.41) is 9.20. The van der Waals surface area contributed by atoms with Gasteiger partial charge in [0.1, 0.15) is 0 Å². The number of likely N-dealkylation sites (tertiary alicyclic amines) is 1. The summed E-state index contributed by atoms with van der Waals surface area (Å²) in [4.78, 5) is 24.1. The molecule has 1 heterocycles. The number of carbonyl (C=O) groups excluding carboxylic acids is 1. The van der Waals surface area contributed by atoms with E-state index < -0.39 is 11.4 Å². The first-order chi connectivity index (χ1) is 6.53. The highest BCUT2D eigenvalue weighted by Gasteiger charge is 2.50. The lowest BCUT2D eigenvalue weighted by atomic mass is 9.81. The smallest absolute Gasteiger partial charge is 0.311 e. The van der Waals surface area contributed by atoms with Gasteiger partial charge in [0.15, 0.2) is 0 Å². The van der Waals surface area contributed by atoms with Crippen molar-refractivity contribution in [3.8, 4) is 0 Å². The van der Waals surface area contributed by atoms with E-state index in [4.69, 9.17) is 0 Å².